The Hall–Kier alpha value is -1.82. The Morgan fingerprint density at radius 3 is 2.69 bits per heavy atom. The molecule has 0 saturated heterocycles. The number of rotatable bonds is 1. The molecule has 5 nitrogen and oxygen atoms in total. The van der Waals surface area contributed by atoms with E-state index in [4.69, 9.17) is 15.2 Å². The van der Waals surface area contributed by atoms with Crippen LogP contribution in [0.4, 0.5) is 5.13 Å². The minimum absolute atomic E-state index is 0.463. The quantitative estimate of drug-likeness (QED) is 0.812. The van der Waals surface area contributed by atoms with E-state index in [-0.39, 0.29) is 0 Å². The van der Waals surface area contributed by atoms with Gasteiger partial charge in [-0.15, -0.1) is 10.2 Å². The highest BCUT2D eigenvalue weighted by molar-refractivity contribution is 7.18. The van der Waals surface area contributed by atoms with Gasteiger partial charge in [-0.05, 0) is 18.2 Å². The van der Waals surface area contributed by atoms with Gasteiger partial charge in [0.05, 0.1) is 0 Å². The molecule has 0 radical (unpaired) electrons. The van der Waals surface area contributed by atoms with Gasteiger partial charge in [-0.2, -0.15) is 0 Å². The van der Waals surface area contributed by atoms with Crippen LogP contribution in [-0.2, 0) is 0 Å². The van der Waals surface area contributed by atoms with Crippen molar-refractivity contribution in [2.24, 2.45) is 0 Å². The lowest BCUT2D eigenvalue weighted by Crippen LogP contribution is -2.15. The summed E-state index contributed by atoms with van der Waals surface area (Å²) in [6.45, 7) is 1.17. The van der Waals surface area contributed by atoms with Crippen LogP contribution in [0.1, 0.15) is 0 Å². The summed E-state index contributed by atoms with van der Waals surface area (Å²) < 4.78 is 10.9. The van der Waals surface area contributed by atoms with E-state index < -0.39 is 0 Å². The fourth-order valence-corrected chi connectivity index (χ4v) is 2.13. The topological polar surface area (TPSA) is 70.3 Å². The fourth-order valence-electron chi connectivity index (χ4n) is 1.53. The first-order valence-electron chi connectivity index (χ1n) is 4.82. The van der Waals surface area contributed by atoms with Gasteiger partial charge in [-0.3, -0.25) is 0 Å². The number of hydrogen-bond donors (Lipinski definition) is 1. The van der Waals surface area contributed by atoms with Crippen molar-refractivity contribution in [3.05, 3.63) is 18.2 Å². The lowest BCUT2D eigenvalue weighted by Gasteiger charge is -2.18. The van der Waals surface area contributed by atoms with Gasteiger partial charge in [-0.25, -0.2) is 0 Å². The van der Waals surface area contributed by atoms with Gasteiger partial charge >= 0.3 is 0 Å². The smallest absolute Gasteiger partial charge is 0.203 e. The molecule has 0 amide bonds. The molecule has 2 aromatic rings. The van der Waals surface area contributed by atoms with Crippen LogP contribution in [0, 0.1) is 0 Å². The maximum Gasteiger partial charge on any atom is 0.203 e. The van der Waals surface area contributed by atoms with Crippen LogP contribution in [-0.4, -0.2) is 23.4 Å². The molecule has 0 bridgehead atoms. The first-order chi connectivity index (χ1) is 7.83. The second-order valence-corrected chi connectivity index (χ2v) is 4.31. The highest BCUT2D eigenvalue weighted by Crippen LogP contribution is 2.35. The molecule has 2 heterocycles. The SMILES string of the molecule is Nc1nnc(-c2ccc3c(c2)OCCO3)s1. The van der Waals surface area contributed by atoms with Crippen molar-refractivity contribution < 1.29 is 9.47 Å². The molecule has 82 valence electrons. The van der Waals surface area contributed by atoms with Crippen molar-refractivity contribution in [2.75, 3.05) is 18.9 Å². The number of nitrogens with zero attached hydrogens (tertiary/aromatic N) is 2. The van der Waals surface area contributed by atoms with E-state index in [1.54, 1.807) is 0 Å². The molecule has 1 aromatic carbocycles. The molecule has 0 saturated carbocycles. The van der Waals surface area contributed by atoms with Crippen LogP contribution < -0.4 is 15.2 Å². The number of anilines is 1. The standard InChI is InChI=1S/C10H9N3O2S/c11-10-13-12-9(16-10)6-1-2-7-8(5-6)15-4-3-14-7/h1-2,5H,3-4H2,(H2,11,13). The number of hydrogen-bond acceptors (Lipinski definition) is 6. The van der Waals surface area contributed by atoms with Crippen LogP contribution in [0.5, 0.6) is 11.5 Å². The maximum absolute atomic E-state index is 5.54. The summed E-state index contributed by atoms with van der Waals surface area (Å²) in [5.41, 5.74) is 6.49. The summed E-state index contributed by atoms with van der Waals surface area (Å²) in [7, 11) is 0. The van der Waals surface area contributed by atoms with E-state index in [0.29, 0.717) is 18.3 Å². The van der Waals surface area contributed by atoms with Crippen LogP contribution in [0.25, 0.3) is 10.6 Å². The Morgan fingerprint density at radius 2 is 1.94 bits per heavy atom. The van der Waals surface area contributed by atoms with Crippen molar-refractivity contribution in [1.29, 1.82) is 0 Å². The molecule has 1 aliphatic rings. The van der Waals surface area contributed by atoms with E-state index in [9.17, 15) is 0 Å². The van der Waals surface area contributed by atoms with Crippen molar-refractivity contribution in [3.63, 3.8) is 0 Å². The zero-order valence-corrected chi connectivity index (χ0v) is 9.16. The summed E-state index contributed by atoms with van der Waals surface area (Å²) in [6, 6.07) is 5.70. The van der Waals surface area contributed by atoms with Gasteiger partial charge in [-0.1, -0.05) is 11.3 Å². The Bertz CT molecular complexity index is 527. The third-order valence-electron chi connectivity index (χ3n) is 2.23. The van der Waals surface area contributed by atoms with Gasteiger partial charge in [0.25, 0.3) is 0 Å². The normalized spacial score (nSPS) is 13.8. The van der Waals surface area contributed by atoms with E-state index in [1.165, 1.54) is 11.3 Å². The van der Waals surface area contributed by atoms with E-state index >= 15 is 0 Å². The van der Waals surface area contributed by atoms with Crippen LogP contribution in [0.3, 0.4) is 0 Å². The molecule has 0 unspecified atom stereocenters. The van der Waals surface area contributed by atoms with Crippen LogP contribution >= 0.6 is 11.3 Å². The number of aromatic nitrogens is 2. The first-order valence-corrected chi connectivity index (χ1v) is 5.63. The van der Waals surface area contributed by atoms with Crippen LogP contribution in [0.15, 0.2) is 18.2 Å². The fraction of sp³-hybridized carbons (Fsp3) is 0.200. The van der Waals surface area contributed by atoms with Crippen LogP contribution in [0.2, 0.25) is 0 Å². The monoisotopic (exact) mass is 235 g/mol. The summed E-state index contributed by atoms with van der Waals surface area (Å²) in [5.74, 6) is 1.52. The molecule has 0 atom stereocenters. The highest BCUT2D eigenvalue weighted by Gasteiger charge is 2.13. The van der Waals surface area contributed by atoms with Gasteiger partial charge in [0.15, 0.2) is 11.5 Å². The third kappa shape index (κ3) is 1.57. The average Bonchev–Trinajstić information content (AvgIpc) is 2.75. The number of ether oxygens (including phenoxy) is 2. The minimum atomic E-state index is 0.463. The van der Waals surface area contributed by atoms with E-state index in [0.717, 1.165) is 22.1 Å². The Balaban J connectivity index is 2.02. The molecule has 0 aliphatic carbocycles. The van der Waals surface area contributed by atoms with Crippen molar-refractivity contribution in [3.8, 4) is 22.1 Å². The predicted octanol–water partition coefficient (Wildman–Crippen LogP) is 1.56. The molecule has 0 fully saturated rings. The number of nitrogen functional groups attached to an aromatic ring is 1. The molecular formula is C10H9N3O2S. The highest BCUT2D eigenvalue weighted by atomic mass is 32.1. The third-order valence-corrected chi connectivity index (χ3v) is 3.03. The van der Waals surface area contributed by atoms with Crippen molar-refractivity contribution >= 4 is 16.5 Å². The molecule has 2 N–H and O–H groups in total. The Morgan fingerprint density at radius 1 is 1.12 bits per heavy atom. The molecular weight excluding hydrogens is 226 g/mol. The van der Waals surface area contributed by atoms with Gasteiger partial charge in [0.1, 0.15) is 18.2 Å². The van der Waals surface area contributed by atoms with Crippen molar-refractivity contribution in [2.45, 2.75) is 0 Å². The number of fused-ring (bicyclic) bond motifs is 1. The molecule has 0 spiro atoms. The Kier molecular flexibility index (Phi) is 2.14. The number of nitrogens with two attached hydrogens (primary N) is 1. The second-order valence-electron chi connectivity index (χ2n) is 3.30. The molecule has 6 heteroatoms. The summed E-state index contributed by atoms with van der Waals surface area (Å²) in [5, 5.41) is 9.01. The average molecular weight is 235 g/mol. The maximum atomic E-state index is 5.54. The summed E-state index contributed by atoms with van der Waals surface area (Å²) in [6.07, 6.45) is 0. The predicted molar refractivity (Wildman–Crippen MR) is 60.7 cm³/mol. The van der Waals surface area contributed by atoms with Gasteiger partial charge in [0, 0.05) is 5.56 Å². The lowest BCUT2D eigenvalue weighted by atomic mass is 10.2. The van der Waals surface area contributed by atoms with Gasteiger partial charge < -0.3 is 15.2 Å². The van der Waals surface area contributed by atoms with Gasteiger partial charge in [0.2, 0.25) is 5.13 Å². The summed E-state index contributed by atoms with van der Waals surface area (Å²) in [4.78, 5) is 0. The number of benzene rings is 1. The van der Waals surface area contributed by atoms with E-state index in [1.807, 2.05) is 18.2 Å². The molecule has 3 rings (SSSR count). The largest absolute Gasteiger partial charge is 0.486 e. The molecule has 1 aromatic heterocycles. The van der Waals surface area contributed by atoms with Crippen molar-refractivity contribution in [1.82, 2.24) is 10.2 Å². The van der Waals surface area contributed by atoms with E-state index in [2.05, 4.69) is 10.2 Å². The lowest BCUT2D eigenvalue weighted by molar-refractivity contribution is 0.171. The molecule has 1 aliphatic heterocycles. The molecule has 16 heavy (non-hydrogen) atoms. The first kappa shape index (κ1) is 9.41. The second kappa shape index (κ2) is 3.64. The summed E-state index contributed by atoms with van der Waals surface area (Å²) >= 11 is 1.35. The Labute approximate surface area is 95.8 Å². The zero-order chi connectivity index (χ0) is 11.0. The zero-order valence-electron chi connectivity index (χ0n) is 8.34. The minimum Gasteiger partial charge on any atom is -0.486 e.